The van der Waals surface area contributed by atoms with Crippen molar-refractivity contribution in [2.75, 3.05) is 6.54 Å². The molecule has 0 aliphatic rings. The molecule has 1 aromatic carbocycles. The lowest BCUT2D eigenvalue weighted by atomic mass is 10.0. The highest BCUT2D eigenvalue weighted by molar-refractivity contribution is 5.21. The van der Waals surface area contributed by atoms with Gasteiger partial charge in [0.2, 0.25) is 0 Å². The second-order valence-corrected chi connectivity index (χ2v) is 4.76. The van der Waals surface area contributed by atoms with Crippen molar-refractivity contribution in [1.29, 1.82) is 0 Å². The molecule has 2 nitrogen and oxygen atoms in total. The van der Waals surface area contributed by atoms with E-state index in [-0.39, 0.29) is 18.2 Å². The van der Waals surface area contributed by atoms with Crippen LogP contribution in [0.4, 0.5) is 8.78 Å². The van der Waals surface area contributed by atoms with Crippen molar-refractivity contribution >= 4 is 0 Å². The van der Waals surface area contributed by atoms with Gasteiger partial charge in [0, 0.05) is 18.2 Å². The van der Waals surface area contributed by atoms with E-state index in [1.165, 1.54) is 0 Å². The number of benzene rings is 1. The number of hydrogen-bond donors (Lipinski definition) is 2. The normalized spacial score (nSPS) is 16.3. The molecule has 18 heavy (non-hydrogen) atoms. The lowest BCUT2D eigenvalue weighted by molar-refractivity contribution is 0.161. The topological polar surface area (TPSA) is 32.3 Å². The summed E-state index contributed by atoms with van der Waals surface area (Å²) in [6.45, 7) is 6.42. The second-order valence-electron chi connectivity index (χ2n) is 4.76. The lowest BCUT2D eigenvalue weighted by Crippen LogP contribution is -2.35. The molecule has 4 heteroatoms. The van der Waals surface area contributed by atoms with Gasteiger partial charge in [0.1, 0.15) is 11.6 Å². The molecule has 0 heterocycles. The molecule has 3 atom stereocenters. The van der Waals surface area contributed by atoms with Crippen molar-refractivity contribution in [2.45, 2.75) is 39.3 Å². The van der Waals surface area contributed by atoms with E-state index in [0.717, 1.165) is 24.6 Å². The Bertz CT molecular complexity index is 384. The molecule has 0 radical (unpaired) electrons. The Morgan fingerprint density at radius 3 is 2.56 bits per heavy atom. The number of halogens is 2. The van der Waals surface area contributed by atoms with Crippen molar-refractivity contribution in [3.63, 3.8) is 0 Å². The minimum Gasteiger partial charge on any atom is -0.387 e. The monoisotopic (exact) mass is 257 g/mol. The van der Waals surface area contributed by atoms with Crippen LogP contribution in [0.2, 0.25) is 0 Å². The Balaban J connectivity index is 2.60. The zero-order valence-corrected chi connectivity index (χ0v) is 11.1. The smallest absolute Gasteiger partial charge is 0.129 e. The Morgan fingerprint density at radius 2 is 1.94 bits per heavy atom. The first-order chi connectivity index (χ1) is 8.45. The molecule has 0 fully saturated rings. The van der Waals surface area contributed by atoms with E-state index in [9.17, 15) is 13.9 Å². The predicted molar refractivity (Wildman–Crippen MR) is 68.2 cm³/mol. The average molecular weight is 257 g/mol. The molecule has 102 valence electrons. The Morgan fingerprint density at radius 1 is 1.28 bits per heavy atom. The van der Waals surface area contributed by atoms with Gasteiger partial charge in [-0.15, -0.1) is 0 Å². The van der Waals surface area contributed by atoms with Gasteiger partial charge in [0.05, 0.1) is 6.10 Å². The first-order valence-corrected chi connectivity index (χ1v) is 6.32. The lowest BCUT2D eigenvalue weighted by Gasteiger charge is -2.22. The van der Waals surface area contributed by atoms with Crippen LogP contribution >= 0.6 is 0 Å². The third-order valence-corrected chi connectivity index (χ3v) is 3.45. The summed E-state index contributed by atoms with van der Waals surface area (Å²) < 4.78 is 26.4. The van der Waals surface area contributed by atoms with Crippen LogP contribution in [-0.4, -0.2) is 17.7 Å². The van der Waals surface area contributed by atoms with E-state index in [1.807, 2.05) is 6.92 Å². The van der Waals surface area contributed by atoms with Gasteiger partial charge < -0.3 is 10.4 Å². The molecule has 0 amide bonds. The van der Waals surface area contributed by atoms with E-state index in [1.54, 1.807) is 0 Å². The zero-order valence-electron chi connectivity index (χ0n) is 11.1. The van der Waals surface area contributed by atoms with E-state index >= 15 is 0 Å². The SMILES string of the molecule is CCC(C)C(C)NCC(O)c1cc(F)ccc1F. The standard InChI is InChI=1S/C14H21F2NO/c1-4-9(2)10(3)17-8-14(18)12-7-11(15)5-6-13(12)16/h5-7,9-10,14,17-18H,4,8H2,1-3H3. The highest BCUT2D eigenvalue weighted by Gasteiger charge is 2.16. The van der Waals surface area contributed by atoms with Crippen LogP contribution in [0.3, 0.4) is 0 Å². The Labute approximate surface area is 107 Å². The highest BCUT2D eigenvalue weighted by atomic mass is 19.1. The maximum atomic E-state index is 13.4. The Kier molecular flexibility index (Phi) is 5.69. The summed E-state index contributed by atoms with van der Waals surface area (Å²) in [5, 5.41) is 13.0. The first kappa shape index (κ1) is 15.1. The molecular weight excluding hydrogens is 236 g/mol. The summed E-state index contributed by atoms with van der Waals surface area (Å²) in [5.41, 5.74) is -0.00106. The van der Waals surface area contributed by atoms with Gasteiger partial charge in [-0.3, -0.25) is 0 Å². The van der Waals surface area contributed by atoms with Crippen LogP contribution in [0.5, 0.6) is 0 Å². The van der Waals surface area contributed by atoms with Crippen LogP contribution in [-0.2, 0) is 0 Å². The van der Waals surface area contributed by atoms with Crippen molar-refractivity contribution in [2.24, 2.45) is 5.92 Å². The second kappa shape index (κ2) is 6.81. The van der Waals surface area contributed by atoms with Gasteiger partial charge in [-0.05, 0) is 31.0 Å². The van der Waals surface area contributed by atoms with Crippen LogP contribution in [0.1, 0.15) is 38.9 Å². The van der Waals surface area contributed by atoms with Gasteiger partial charge >= 0.3 is 0 Å². The fourth-order valence-electron chi connectivity index (χ4n) is 1.73. The molecule has 1 rings (SSSR count). The van der Waals surface area contributed by atoms with Crippen molar-refractivity contribution in [1.82, 2.24) is 5.32 Å². The largest absolute Gasteiger partial charge is 0.387 e. The molecule has 2 N–H and O–H groups in total. The quantitative estimate of drug-likeness (QED) is 0.821. The highest BCUT2D eigenvalue weighted by Crippen LogP contribution is 2.18. The van der Waals surface area contributed by atoms with Gasteiger partial charge in [-0.25, -0.2) is 8.78 Å². The van der Waals surface area contributed by atoms with Gasteiger partial charge in [0.15, 0.2) is 0 Å². The van der Waals surface area contributed by atoms with Gasteiger partial charge in [-0.2, -0.15) is 0 Å². The summed E-state index contributed by atoms with van der Waals surface area (Å²) in [6.07, 6.45) is -0.00862. The van der Waals surface area contributed by atoms with E-state index in [2.05, 4.69) is 19.2 Å². The zero-order chi connectivity index (χ0) is 13.7. The average Bonchev–Trinajstić information content (AvgIpc) is 2.37. The summed E-state index contributed by atoms with van der Waals surface area (Å²) in [5.74, 6) is -0.656. The minimum atomic E-state index is -1.03. The van der Waals surface area contributed by atoms with E-state index in [4.69, 9.17) is 0 Å². The molecule has 0 aliphatic heterocycles. The van der Waals surface area contributed by atoms with E-state index in [0.29, 0.717) is 5.92 Å². The molecular formula is C14H21F2NO. The molecule has 0 saturated carbocycles. The molecule has 3 unspecified atom stereocenters. The molecule has 0 saturated heterocycles. The summed E-state index contributed by atoms with van der Waals surface area (Å²) in [4.78, 5) is 0. The minimum absolute atomic E-state index is 0.00106. The fraction of sp³-hybridized carbons (Fsp3) is 0.571. The summed E-state index contributed by atoms with van der Waals surface area (Å²) in [7, 11) is 0. The molecule has 0 bridgehead atoms. The Hall–Kier alpha value is -1.00. The number of aliphatic hydroxyl groups is 1. The number of rotatable bonds is 6. The number of nitrogens with one attached hydrogen (secondary N) is 1. The first-order valence-electron chi connectivity index (χ1n) is 6.32. The van der Waals surface area contributed by atoms with Gasteiger partial charge in [0.25, 0.3) is 0 Å². The fourth-order valence-corrected chi connectivity index (χ4v) is 1.73. The van der Waals surface area contributed by atoms with Crippen molar-refractivity contribution < 1.29 is 13.9 Å². The van der Waals surface area contributed by atoms with Crippen LogP contribution < -0.4 is 5.32 Å². The van der Waals surface area contributed by atoms with Crippen molar-refractivity contribution in [3.8, 4) is 0 Å². The molecule has 1 aromatic rings. The summed E-state index contributed by atoms with van der Waals surface area (Å²) in [6, 6.07) is 3.34. The van der Waals surface area contributed by atoms with Crippen LogP contribution in [0.15, 0.2) is 18.2 Å². The summed E-state index contributed by atoms with van der Waals surface area (Å²) >= 11 is 0. The maximum absolute atomic E-state index is 13.4. The number of aliphatic hydroxyl groups excluding tert-OH is 1. The van der Waals surface area contributed by atoms with Gasteiger partial charge in [-0.1, -0.05) is 20.3 Å². The predicted octanol–water partition coefficient (Wildman–Crippen LogP) is 3.02. The maximum Gasteiger partial charge on any atom is 0.129 e. The third kappa shape index (κ3) is 4.03. The van der Waals surface area contributed by atoms with Crippen LogP contribution in [0, 0.1) is 17.6 Å². The van der Waals surface area contributed by atoms with E-state index < -0.39 is 17.7 Å². The third-order valence-electron chi connectivity index (χ3n) is 3.45. The number of hydrogen-bond acceptors (Lipinski definition) is 2. The molecule has 0 spiro atoms. The van der Waals surface area contributed by atoms with Crippen LogP contribution in [0.25, 0.3) is 0 Å². The molecule has 0 aromatic heterocycles. The van der Waals surface area contributed by atoms with Crippen molar-refractivity contribution in [3.05, 3.63) is 35.4 Å². The molecule has 0 aliphatic carbocycles.